The van der Waals surface area contributed by atoms with Crippen molar-refractivity contribution >= 4 is 5.69 Å². The van der Waals surface area contributed by atoms with E-state index in [0.717, 1.165) is 12.1 Å². The Kier molecular flexibility index (Phi) is 3.05. The highest BCUT2D eigenvalue weighted by atomic mass is 19.2. The van der Waals surface area contributed by atoms with Crippen molar-refractivity contribution in [3.8, 4) is 23.0 Å². The number of benzene rings is 1. The first-order valence-electron chi connectivity index (χ1n) is 5.93. The third kappa shape index (κ3) is 2.42. The molecule has 2 aromatic heterocycles. The molecule has 0 fully saturated rings. The fourth-order valence-electron chi connectivity index (χ4n) is 1.77. The molecule has 8 heteroatoms. The summed E-state index contributed by atoms with van der Waals surface area (Å²) in [6, 6.07) is 3.38. The third-order valence-corrected chi connectivity index (χ3v) is 2.75. The number of nitrogen functional groups attached to an aromatic ring is 1. The van der Waals surface area contributed by atoms with Gasteiger partial charge in [-0.25, -0.2) is 18.7 Å². The quantitative estimate of drug-likeness (QED) is 0.728. The van der Waals surface area contributed by atoms with Crippen LogP contribution in [0.4, 0.5) is 14.5 Å². The summed E-state index contributed by atoms with van der Waals surface area (Å²) < 4.78 is 31.4. The van der Waals surface area contributed by atoms with E-state index in [1.165, 1.54) is 0 Å². The number of aryl methyl sites for hydroxylation is 1. The molecule has 3 aromatic rings. The number of hydrogen-bond acceptors (Lipinski definition) is 6. The Bertz CT molecular complexity index is 818. The molecule has 3 rings (SSSR count). The number of rotatable bonds is 2. The molecule has 2 N–H and O–H groups in total. The molecule has 0 aliphatic carbocycles. The van der Waals surface area contributed by atoms with Gasteiger partial charge in [-0.1, -0.05) is 5.16 Å². The number of hydrogen-bond donors (Lipinski definition) is 1. The third-order valence-electron chi connectivity index (χ3n) is 2.75. The second-order valence-corrected chi connectivity index (χ2v) is 4.27. The Morgan fingerprint density at radius 3 is 2.67 bits per heavy atom. The second-order valence-electron chi connectivity index (χ2n) is 4.27. The lowest BCUT2D eigenvalue weighted by molar-refractivity contribution is 0.431. The average molecular weight is 289 g/mol. The van der Waals surface area contributed by atoms with Crippen LogP contribution in [-0.4, -0.2) is 20.1 Å². The summed E-state index contributed by atoms with van der Waals surface area (Å²) in [6.45, 7) is 1.72. The summed E-state index contributed by atoms with van der Waals surface area (Å²) in [4.78, 5) is 12.2. The molecule has 2 heterocycles. The Morgan fingerprint density at radius 1 is 1.14 bits per heavy atom. The van der Waals surface area contributed by atoms with Gasteiger partial charge in [-0.15, -0.1) is 0 Å². The summed E-state index contributed by atoms with van der Waals surface area (Å²) in [5, 5.41) is 3.75. The monoisotopic (exact) mass is 289 g/mol. The molecule has 0 saturated heterocycles. The normalized spacial score (nSPS) is 10.8. The molecule has 0 unspecified atom stereocenters. The molecular weight excluding hydrogens is 280 g/mol. The molecular formula is C13H9F2N5O. The van der Waals surface area contributed by atoms with Gasteiger partial charge >= 0.3 is 0 Å². The van der Waals surface area contributed by atoms with Gasteiger partial charge in [0.05, 0.1) is 5.56 Å². The van der Waals surface area contributed by atoms with Crippen LogP contribution in [0.25, 0.3) is 23.0 Å². The molecule has 0 spiro atoms. The molecule has 21 heavy (non-hydrogen) atoms. The van der Waals surface area contributed by atoms with E-state index < -0.39 is 11.6 Å². The van der Waals surface area contributed by atoms with Gasteiger partial charge in [0.25, 0.3) is 5.89 Å². The lowest BCUT2D eigenvalue weighted by Crippen LogP contribution is -1.95. The van der Waals surface area contributed by atoms with Crippen molar-refractivity contribution in [2.45, 2.75) is 6.92 Å². The van der Waals surface area contributed by atoms with Crippen molar-refractivity contribution in [2.75, 3.05) is 5.73 Å². The van der Waals surface area contributed by atoms with Crippen LogP contribution in [0.15, 0.2) is 28.9 Å². The van der Waals surface area contributed by atoms with Gasteiger partial charge < -0.3 is 10.3 Å². The van der Waals surface area contributed by atoms with Crippen molar-refractivity contribution in [3.05, 3.63) is 41.9 Å². The minimum Gasteiger partial charge on any atom is -0.398 e. The van der Waals surface area contributed by atoms with E-state index >= 15 is 0 Å². The number of aromatic nitrogens is 4. The molecule has 1 aromatic carbocycles. The summed E-state index contributed by atoms with van der Waals surface area (Å²) in [7, 11) is 0. The zero-order valence-electron chi connectivity index (χ0n) is 10.8. The van der Waals surface area contributed by atoms with Crippen LogP contribution in [0.5, 0.6) is 0 Å². The van der Waals surface area contributed by atoms with Gasteiger partial charge in [0.2, 0.25) is 5.82 Å². The fourth-order valence-corrected chi connectivity index (χ4v) is 1.77. The molecule has 0 bridgehead atoms. The van der Waals surface area contributed by atoms with E-state index in [9.17, 15) is 8.78 Å². The molecule has 0 aliphatic rings. The van der Waals surface area contributed by atoms with Crippen LogP contribution >= 0.6 is 0 Å². The molecule has 0 aliphatic heterocycles. The second kappa shape index (κ2) is 4.89. The van der Waals surface area contributed by atoms with Crippen LogP contribution in [0.3, 0.4) is 0 Å². The molecule has 0 radical (unpaired) electrons. The van der Waals surface area contributed by atoms with Crippen molar-refractivity contribution in [2.24, 2.45) is 0 Å². The van der Waals surface area contributed by atoms with Crippen molar-refractivity contribution in [1.82, 2.24) is 20.1 Å². The zero-order chi connectivity index (χ0) is 15.0. The first kappa shape index (κ1) is 13.1. The van der Waals surface area contributed by atoms with E-state index in [2.05, 4.69) is 20.1 Å². The van der Waals surface area contributed by atoms with Gasteiger partial charge in [0, 0.05) is 18.0 Å². The maximum Gasteiger partial charge on any atom is 0.260 e. The van der Waals surface area contributed by atoms with Crippen molar-refractivity contribution in [3.63, 3.8) is 0 Å². The molecule has 0 atom stereocenters. The van der Waals surface area contributed by atoms with Crippen LogP contribution in [-0.2, 0) is 0 Å². The Balaban J connectivity index is 2.05. The van der Waals surface area contributed by atoms with Crippen LogP contribution in [0.1, 0.15) is 5.82 Å². The maximum atomic E-state index is 13.3. The lowest BCUT2D eigenvalue weighted by atomic mass is 10.1. The lowest BCUT2D eigenvalue weighted by Gasteiger charge is -2.01. The van der Waals surface area contributed by atoms with E-state index in [4.69, 9.17) is 10.3 Å². The van der Waals surface area contributed by atoms with Crippen molar-refractivity contribution in [1.29, 1.82) is 0 Å². The Hall–Kier alpha value is -2.90. The highest BCUT2D eigenvalue weighted by Gasteiger charge is 2.16. The van der Waals surface area contributed by atoms with Crippen LogP contribution in [0.2, 0.25) is 0 Å². The highest BCUT2D eigenvalue weighted by Crippen LogP contribution is 2.28. The number of halogens is 2. The number of anilines is 1. The van der Waals surface area contributed by atoms with Gasteiger partial charge in [0.1, 0.15) is 11.5 Å². The zero-order valence-corrected chi connectivity index (χ0v) is 10.8. The fraction of sp³-hybridized carbons (Fsp3) is 0.0769. The number of nitrogens with zero attached hydrogens (tertiary/aromatic N) is 4. The van der Waals surface area contributed by atoms with E-state index in [-0.39, 0.29) is 23.0 Å². The predicted octanol–water partition coefficient (Wildman–Crippen LogP) is 2.36. The Labute approximate surface area is 117 Å². The first-order chi connectivity index (χ1) is 10.0. The predicted molar refractivity (Wildman–Crippen MR) is 69.8 cm³/mol. The first-order valence-corrected chi connectivity index (χ1v) is 5.93. The van der Waals surface area contributed by atoms with Gasteiger partial charge in [0.15, 0.2) is 11.6 Å². The summed E-state index contributed by atoms with van der Waals surface area (Å²) in [5.74, 6) is -1.34. The molecule has 106 valence electrons. The largest absolute Gasteiger partial charge is 0.398 e. The molecule has 6 nitrogen and oxygen atoms in total. The maximum absolute atomic E-state index is 13.3. The summed E-state index contributed by atoms with van der Waals surface area (Å²) in [6.07, 6.45) is 1.56. The summed E-state index contributed by atoms with van der Waals surface area (Å²) in [5.41, 5.74) is 6.22. The van der Waals surface area contributed by atoms with Gasteiger partial charge in [-0.3, -0.25) is 0 Å². The smallest absolute Gasteiger partial charge is 0.260 e. The summed E-state index contributed by atoms with van der Waals surface area (Å²) >= 11 is 0. The van der Waals surface area contributed by atoms with E-state index in [0.29, 0.717) is 11.5 Å². The SMILES string of the molecule is Cc1nccc(-c2noc(-c3cc(F)c(F)cc3N)n2)n1. The van der Waals surface area contributed by atoms with Crippen LogP contribution < -0.4 is 5.73 Å². The minimum atomic E-state index is -1.04. The van der Waals surface area contributed by atoms with Gasteiger partial charge in [-0.2, -0.15) is 4.98 Å². The van der Waals surface area contributed by atoms with Gasteiger partial charge in [-0.05, 0) is 19.1 Å². The highest BCUT2D eigenvalue weighted by molar-refractivity contribution is 5.71. The van der Waals surface area contributed by atoms with Crippen LogP contribution in [0, 0.1) is 18.6 Å². The molecule has 0 saturated carbocycles. The van der Waals surface area contributed by atoms with E-state index in [1.807, 2.05) is 0 Å². The van der Waals surface area contributed by atoms with E-state index in [1.54, 1.807) is 19.2 Å². The minimum absolute atomic E-state index is 0.00275. The average Bonchev–Trinajstić information content (AvgIpc) is 2.92. The Morgan fingerprint density at radius 2 is 1.90 bits per heavy atom. The molecule has 0 amide bonds. The van der Waals surface area contributed by atoms with Crippen molar-refractivity contribution < 1.29 is 13.3 Å². The topological polar surface area (TPSA) is 90.7 Å². The number of nitrogens with two attached hydrogens (primary N) is 1. The standard InChI is InChI=1S/C13H9F2N5O/c1-6-17-3-2-11(18-6)12-19-13(21-20-12)7-4-8(14)9(15)5-10(7)16/h2-5H,16H2,1H3.